The maximum atomic E-state index is 12.4. The van der Waals surface area contributed by atoms with E-state index in [0.29, 0.717) is 23.4 Å². The number of rotatable bonds is 4. The quantitative estimate of drug-likeness (QED) is 0.808. The lowest BCUT2D eigenvalue weighted by atomic mass is 9.75. The normalized spacial score (nSPS) is 24.4. The molecule has 2 aromatic rings. The molecule has 130 valence electrons. The molecule has 3 atom stereocenters. The minimum absolute atomic E-state index is 0.0611. The molecule has 1 aliphatic rings. The van der Waals surface area contributed by atoms with Crippen molar-refractivity contribution in [2.24, 2.45) is 17.8 Å². The summed E-state index contributed by atoms with van der Waals surface area (Å²) in [5, 5.41) is 4.18. The van der Waals surface area contributed by atoms with Crippen LogP contribution < -0.4 is 5.69 Å². The molecule has 2 heterocycles. The highest BCUT2D eigenvalue weighted by Crippen LogP contribution is 2.35. The van der Waals surface area contributed by atoms with Gasteiger partial charge in [-0.15, -0.1) is 5.10 Å². The van der Waals surface area contributed by atoms with E-state index >= 15 is 0 Å². The van der Waals surface area contributed by atoms with Crippen molar-refractivity contribution < 1.29 is 9.53 Å². The summed E-state index contributed by atoms with van der Waals surface area (Å²) in [5.41, 5.74) is 0.210. The number of nitrogens with zero attached hydrogens (tertiary/aromatic N) is 3. The van der Waals surface area contributed by atoms with Crippen molar-refractivity contribution in [3.05, 3.63) is 34.9 Å². The van der Waals surface area contributed by atoms with E-state index in [1.54, 1.807) is 24.4 Å². The average Bonchev–Trinajstić information content (AvgIpc) is 2.83. The Bertz CT molecular complexity index is 777. The summed E-state index contributed by atoms with van der Waals surface area (Å²) in [4.78, 5) is 24.6. The largest absolute Gasteiger partial charge is 0.461 e. The highest BCUT2D eigenvalue weighted by atomic mass is 16.5. The summed E-state index contributed by atoms with van der Waals surface area (Å²) in [6.45, 7) is 6.41. The smallest absolute Gasteiger partial charge is 0.350 e. The van der Waals surface area contributed by atoms with Crippen LogP contribution in [0.3, 0.4) is 0 Å². The van der Waals surface area contributed by atoms with Crippen LogP contribution in [-0.2, 0) is 16.1 Å². The molecule has 2 aromatic heterocycles. The van der Waals surface area contributed by atoms with Gasteiger partial charge in [0, 0.05) is 6.20 Å². The van der Waals surface area contributed by atoms with Crippen LogP contribution in [0.2, 0.25) is 0 Å². The zero-order chi connectivity index (χ0) is 17.3. The molecule has 3 rings (SSSR count). The van der Waals surface area contributed by atoms with Crippen LogP contribution in [-0.4, -0.2) is 26.3 Å². The predicted molar refractivity (Wildman–Crippen MR) is 90.7 cm³/mol. The minimum atomic E-state index is -0.384. The van der Waals surface area contributed by atoms with Gasteiger partial charge in [-0.3, -0.25) is 9.20 Å². The third kappa shape index (κ3) is 3.37. The Labute approximate surface area is 141 Å². The summed E-state index contributed by atoms with van der Waals surface area (Å²) in [6.07, 6.45) is 4.75. The highest BCUT2D eigenvalue weighted by Gasteiger charge is 2.33. The summed E-state index contributed by atoms with van der Waals surface area (Å²) in [7, 11) is 0. The number of carbonyl (C=O) groups is 1. The summed E-state index contributed by atoms with van der Waals surface area (Å²) >= 11 is 0. The Morgan fingerprint density at radius 1 is 1.38 bits per heavy atom. The van der Waals surface area contributed by atoms with Gasteiger partial charge in [0.15, 0.2) is 5.65 Å². The molecule has 0 aromatic carbocycles. The number of hydrogen-bond acceptors (Lipinski definition) is 4. The molecule has 0 bridgehead atoms. The molecule has 0 saturated heterocycles. The van der Waals surface area contributed by atoms with Gasteiger partial charge in [-0.25, -0.2) is 9.48 Å². The molecule has 24 heavy (non-hydrogen) atoms. The lowest BCUT2D eigenvalue weighted by molar-refractivity contribution is -0.156. The fourth-order valence-corrected chi connectivity index (χ4v) is 3.65. The van der Waals surface area contributed by atoms with E-state index in [9.17, 15) is 9.59 Å². The van der Waals surface area contributed by atoms with Crippen LogP contribution in [0.4, 0.5) is 0 Å². The Morgan fingerprint density at radius 3 is 2.88 bits per heavy atom. The lowest BCUT2D eigenvalue weighted by Crippen LogP contribution is -2.37. The van der Waals surface area contributed by atoms with Crippen molar-refractivity contribution >= 4 is 11.6 Å². The van der Waals surface area contributed by atoms with E-state index in [2.05, 4.69) is 25.9 Å². The van der Waals surface area contributed by atoms with Crippen molar-refractivity contribution in [3.8, 4) is 0 Å². The van der Waals surface area contributed by atoms with E-state index in [-0.39, 0.29) is 24.3 Å². The predicted octanol–water partition coefficient (Wildman–Crippen LogP) is 2.50. The van der Waals surface area contributed by atoms with Gasteiger partial charge in [0.1, 0.15) is 12.6 Å². The Kier molecular flexibility index (Phi) is 4.73. The van der Waals surface area contributed by atoms with E-state index in [1.807, 2.05) is 0 Å². The summed E-state index contributed by atoms with van der Waals surface area (Å²) in [6, 6.07) is 5.30. The van der Waals surface area contributed by atoms with Crippen LogP contribution in [0.15, 0.2) is 29.2 Å². The number of esters is 1. The number of fused-ring (bicyclic) bond motifs is 1. The number of pyridine rings is 1. The molecule has 0 amide bonds. The molecule has 6 nitrogen and oxygen atoms in total. The maximum absolute atomic E-state index is 12.4. The first-order valence-corrected chi connectivity index (χ1v) is 8.69. The fraction of sp³-hybridized carbons (Fsp3) is 0.611. The lowest BCUT2D eigenvalue weighted by Gasteiger charge is -2.36. The van der Waals surface area contributed by atoms with Gasteiger partial charge in [0.2, 0.25) is 0 Å². The molecule has 1 saturated carbocycles. The first kappa shape index (κ1) is 16.7. The second kappa shape index (κ2) is 6.79. The molecule has 0 spiro atoms. The van der Waals surface area contributed by atoms with Gasteiger partial charge in [-0.1, -0.05) is 33.3 Å². The zero-order valence-electron chi connectivity index (χ0n) is 14.5. The number of carbonyl (C=O) groups excluding carboxylic acids is 1. The van der Waals surface area contributed by atoms with Crippen molar-refractivity contribution in [2.45, 2.75) is 52.7 Å². The Balaban J connectivity index is 1.72. The number of aromatic nitrogens is 3. The topological polar surface area (TPSA) is 65.6 Å². The zero-order valence-corrected chi connectivity index (χ0v) is 14.5. The molecule has 1 fully saturated rings. The van der Waals surface area contributed by atoms with E-state index < -0.39 is 0 Å². The molecule has 0 radical (unpaired) electrons. The summed E-state index contributed by atoms with van der Waals surface area (Å²) < 4.78 is 8.34. The SMILES string of the molecule is CC(C)[C@@H]1CC[C@@H](C)C[C@H]1OC(=O)Cn1nc2ccccn2c1=O. The second-order valence-electron chi connectivity index (χ2n) is 7.22. The molecule has 6 heteroatoms. The minimum Gasteiger partial charge on any atom is -0.461 e. The Hall–Kier alpha value is -2.11. The van der Waals surface area contributed by atoms with Crippen molar-refractivity contribution in [1.82, 2.24) is 14.2 Å². The van der Waals surface area contributed by atoms with Crippen LogP contribution >= 0.6 is 0 Å². The maximum Gasteiger partial charge on any atom is 0.350 e. The van der Waals surface area contributed by atoms with Crippen LogP contribution in [0.1, 0.15) is 40.0 Å². The van der Waals surface area contributed by atoms with E-state index in [0.717, 1.165) is 12.8 Å². The first-order chi connectivity index (χ1) is 11.5. The molecule has 1 aliphatic carbocycles. The summed E-state index contributed by atoms with van der Waals surface area (Å²) in [5.74, 6) is 1.05. The van der Waals surface area contributed by atoms with Gasteiger partial charge < -0.3 is 4.74 Å². The molecule has 0 unspecified atom stereocenters. The van der Waals surface area contributed by atoms with Crippen LogP contribution in [0.25, 0.3) is 5.65 Å². The first-order valence-electron chi connectivity index (χ1n) is 8.69. The van der Waals surface area contributed by atoms with Crippen molar-refractivity contribution in [2.75, 3.05) is 0 Å². The number of hydrogen-bond donors (Lipinski definition) is 0. The Morgan fingerprint density at radius 2 is 2.17 bits per heavy atom. The second-order valence-corrected chi connectivity index (χ2v) is 7.22. The highest BCUT2D eigenvalue weighted by molar-refractivity contribution is 5.69. The molecule has 0 aliphatic heterocycles. The van der Waals surface area contributed by atoms with Gasteiger partial charge in [0.25, 0.3) is 0 Å². The van der Waals surface area contributed by atoms with Gasteiger partial charge in [-0.2, -0.15) is 0 Å². The van der Waals surface area contributed by atoms with Crippen LogP contribution in [0, 0.1) is 17.8 Å². The van der Waals surface area contributed by atoms with Gasteiger partial charge >= 0.3 is 11.7 Å². The fourth-order valence-electron chi connectivity index (χ4n) is 3.65. The van der Waals surface area contributed by atoms with Crippen LogP contribution in [0.5, 0.6) is 0 Å². The molecular formula is C18H25N3O3. The van der Waals surface area contributed by atoms with Crippen molar-refractivity contribution in [3.63, 3.8) is 0 Å². The average molecular weight is 331 g/mol. The van der Waals surface area contributed by atoms with Crippen molar-refractivity contribution in [1.29, 1.82) is 0 Å². The van der Waals surface area contributed by atoms with Gasteiger partial charge in [0.05, 0.1) is 0 Å². The standard InChI is InChI=1S/C18H25N3O3/c1-12(2)14-8-7-13(3)10-15(14)24-17(22)11-21-18(23)20-9-5-4-6-16(20)19-21/h4-6,9,12-15H,7-8,10-11H2,1-3H3/t13-,14+,15-/m1/s1. The molecular weight excluding hydrogens is 306 g/mol. The third-order valence-corrected chi connectivity index (χ3v) is 5.01. The number of ether oxygens (including phenoxy) is 1. The van der Waals surface area contributed by atoms with E-state index in [1.165, 1.54) is 15.5 Å². The third-order valence-electron chi connectivity index (χ3n) is 5.01. The molecule has 0 N–H and O–H groups in total. The van der Waals surface area contributed by atoms with E-state index in [4.69, 9.17) is 4.74 Å². The monoisotopic (exact) mass is 331 g/mol. The van der Waals surface area contributed by atoms with Gasteiger partial charge in [-0.05, 0) is 42.7 Å².